The van der Waals surface area contributed by atoms with Crippen LogP contribution in [0.4, 0.5) is 0 Å². The number of hydrogen-bond donors (Lipinski definition) is 1. The fourth-order valence-electron chi connectivity index (χ4n) is 4.26. The lowest BCUT2D eigenvalue weighted by Gasteiger charge is -2.41. The molecule has 0 amide bonds. The van der Waals surface area contributed by atoms with Gasteiger partial charge in [0.05, 0.1) is 0 Å². The van der Waals surface area contributed by atoms with Gasteiger partial charge in [0.15, 0.2) is 0 Å². The van der Waals surface area contributed by atoms with Gasteiger partial charge in [0.1, 0.15) is 0 Å². The molecule has 2 atom stereocenters. The van der Waals surface area contributed by atoms with E-state index >= 15 is 0 Å². The molecule has 3 rings (SSSR count). The Morgan fingerprint density at radius 1 is 1.11 bits per heavy atom. The fourth-order valence-corrected chi connectivity index (χ4v) is 4.26. The predicted molar refractivity (Wildman–Crippen MR) is 81.1 cm³/mol. The van der Waals surface area contributed by atoms with E-state index in [4.69, 9.17) is 5.73 Å². The van der Waals surface area contributed by atoms with E-state index in [1.54, 1.807) is 0 Å². The molecule has 1 saturated carbocycles. The molecule has 0 radical (unpaired) electrons. The van der Waals surface area contributed by atoms with Crippen molar-refractivity contribution in [3.05, 3.63) is 35.4 Å². The average molecular weight is 257 g/mol. The zero-order valence-electron chi connectivity index (χ0n) is 12.2. The van der Waals surface area contributed by atoms with Crippen molar-refractivity contribution in [2.45, 2.75) is 69.7 Å². The van der Waals surface area contributed by atoms with Crippen molar-refractivity contribution >= 4 is 0 Å². The zero-order chi connectivity index (χ0) is 13.3. The van der Waals surface area contributed by atoms with Gasteiger partial charge in [-0.25, -0.2) is 0 Å². The van der Waals surface area contributed by atoms with Gasteiger partial charge < -0.3 is 5.73 Å². The number of hydrogen-bond acceptors (Lipinski definition) is 1. The van der Waals surface area contributed by atoms with Gasteiger partial charge in [0, 0.05) is 5.54 Å². The first-order valence-corrected chi connectivity index (χ1v) is 8.07. The molecule has 1 aromatic rings. The summed E-state index contributed by atoms with van der Waals surface area (Å²) in [7, 11) is 0. The molecule has 19 heavy (non-hydrogen) atoms. The lowest BCUT2D eigenvalue weighted by atomic mass is 9.68. The highest BCUT2D eigenvalue weighted by Gasteiger charge is 2.37. The molecule has 1 aromatic carbocycles. The monoisotopic (exact) mass is 257 g/mol. The normalized spacial score (nSPS) is 32.0. The number of nitrogens with two attached hydrogens (primary N) is 1. The van der Waals surface area contributed by atoms with Crippen molar-refractivity contribution in [1.82, 2.24) is 0 Å². The summed E-state index contributed by atoms with van der Waals surface area (Å²) in [6, 6.07) is 8.91. The summed E-state index contributed by atoms with van der Waals surface area (Å²) in [4.78, 5) is 0. The van der Waals surface area contributed by atoms with Crippen LogP contribution in [0.5, 0.6) is 0 Å². The number of fused-ring (bicyclic) bond motifs is 1. The molecule has 1 heteroatoms. The van der Waals surface area contributed by atoms with Crippen molar-refractivity contribution in [3.8, 4) is 0 Å². The largest absolute Gasteiger partial charge is 0.321 e. The SMILES string of the molecule is CC1CCC(N)(CC2CCCCC2)c2ccccc21. The van der Waals surface area contributed by atoms with Crippen LogP contribution < -0.4 is 5.73 Å². The van der Waals surface area contributed by atoms with E-state index in [0.29, 0.717) is 5.92 Å². The van der Waals surface area contributed by atoms with Crippen LogP contribution in [-0.2, 0) is 5.54 Å². The van der Waals surface area contributed by atoms with Gasteiger partial charge >= 0.3 is 0 Å². The number of rotatable bonds is 2. The molecule has 2 N–H and O–H groups in total. The molecule has 2 aliphatic carbocycles. The zero-order valence-corrected chi connectivity index (χ0v) is 12.2. The highest BCUT2D eigenvalue weighted by Crippen LogP contribution is 2.44. The van der Waals surface area contributed by atoms with E-state index in [2.05, 4.69) is 31.2 Å². The van der Waals surface area contributed by atoms with E-state index in [-0.39, 0.29) is 5.54 Å². The molecular formula is C18H27N. The van der Waals surface area contributed by atoms with Crippen LogP contribution in [0, 0.1) is 5.92 Å². The second-order valence-corrected chi connectivity index (χ2v) is 6.89. The smallest absolute Gasteiger partial charge is 0.0415 e. The van der Waals surface area contributed by atoms with E-state index in [9.17, 15) is 0 Å². The van der Waals surface area contributed by atoms with Gasteiger partial charge in [0.25, 0.3) is 0 Å². The summed E-state index contributed by atoms with van der Waals surface area (Å²) in [5, 5.41) is 0. The summed E-state index contributed by atoms with van der Waals surface area (Å²) >= 11 is 0. The van der Waals surface area contributed by atoms with Crippen LogP contribution in [-0.4, -0.2) is 0 Å². The first-order valence-electron chi connectivity index (χ1n) is 8.07. The van der Waals surface area contributed by atoms with E-state index in [0.717, 1.165) is 5.92 Å². The van der Waals surface area contributed by atoms with Gasteiger partial charge in [-0.05, 0) is 42.2 Å². The molecule has 1 fully saturated rings. The minimum absolute atomic E-state index is 0.0505. The maximum Gasteiger partial charge on any atom is 0.0415 e. The Bertz CT molecular complexity index is 433. The minimum Gasteiger partial charge on any atom is -0.321 e. The molecule has 0 heterocycles. The van der Waals surface area contributed by atoms with Crippen molar-refractivity contribution < 1.29 is 0 Å². The highest BCUT2D eigenvalue weighted by molar-refractivity contribution is 5.38. The van der Waals surface area contributed by atoms with E-state index in [1.165, 1.54) is 62.5 Å². The maximum atomic E-state index is 6.86. The second kappa shape index (κ2) is 5.28. The van der Waals surface area contributed by atoms with Crippen molar-refractivity contribution in [3.63, 3.8) is 0 Å². The Balaban J connectivity index is 1.85. The van der Waals surface area contributed by atoms with E-state index in [1.807, 2.05) is 0 Å². The summed E-state index contributed by atoms with van der Waals surface area (Å²) in [6.45, 7) is 2.35. The second-order valence-electron chi connectivity index (χ2n) is 6.89. The van der Waals surface area contributed by atoms with Crippen LogP contribution in [0.3, 0.4) is 0 Å². The van der Waals surface area contributed by atoms with Crippen LogP contribution in [0.15, 0.2) is 24.3 Å². The Morgan fingerprint density at radius 3 is 2.63 bits per heavy atom. The summed E-state index contributed by atoms with van der Waals surface area (Å²) in [5.41, 5.74) is 9.76. The predicted octanol–water partition coefficient (Wildman–Crippen LogP) is 4.71. The highest BCUT2D eigenvalue weighted by atomic mass is 14.8. The van der Waals surface area contributed by atoms with Gasteiger partial charge in [-0.2, -0.15) is 0 Å². The third kappa shape index (κ3) is 2.58. The van der Waals surface area contributed by atoms with Crippen LogP contribution in [0.1, 0.15) is 75.3 Å². The Morgan fingerprint density at radius 2 is 1.84 bits per heavy atom. The molecule has 0 aromatic heterocycles. The van der Waals surface area contributed by atoms with Crippen molar-refractivity contribution in [2.75, 3.05) is 0 Å². The Hall–Kier alpha value is -0.820. The minimum atomic E-state index is -0.0505. The van der Waals surface area contributed by atoms with Crippen molar-refractivity contribution in [2.24, 2.45) is 11.7 Å². The third-order valence-corrected chi connectivity index (χ3v) is 5.43. The standard InChI is InChI=1S/C18H27N/c1-14-11-12-18(19,13-15-7-3-2-4-8-15)17-10-6-5-9-16(14)17/h5-6,9-10,14-15H,2-4,7-8,11-13,19H2,1H3. The van der Waals surface area contributed by atoms with Gasteiger partial charge in [-0.1, -0.05) is 63.3 Å². The Labute approximate surface area is 117 Å². The lowest BCUT2D eigenvalue weighted by molar-refractivity contribution is 0.231. The molecule has 0 spiro atoms. The first-order chi connectivity index (χ1) is 9.19. The quantitative estimate of drug-likeness (QED) is 0.816. The topological polar surface area (TPSA) is 26.0 Å². The fraction of sp³-hybridized carbons (Fsp3) is 0.667. The van der Waals surface area contributed by atoms with Crippen LogP contribution in [0.25, 0.3) is 0 Å². The molecule has 0 bridgehead atoms. The third-order valence-electron chi connectivity index (χ3n) is 5.43. The summed E-state index contributed by atoms with van der Waals surface area (Å²) < 4.78 is 0. The van der Waals surface area contributed by atoms with Crippen molar-refractivity contribution in [1.29, 1.82) is 0 Å². The molecule has 0 aliphatic heterocycles. The Kier molecular flexibility index (Phi) is 3.66. The molecular weight excluding hydrogens is 230 g/mol. The molecule has 0 saturated heterocycles. The van der Waals surface area contributed by atoms with Gasteiger partial charge in [-0.3, -0.25) is 0 Å². The van der Waals surface area contributed by atoms with Crippen LogP contribution in [0.2, 0.25) is 0 Å². The lowest BCUT2D eigenvalue weighted by Crippen LogP contribution is -2.42. The van der Waals surface area contributed by atoms with Gasteiger partial charge in [-0.15, -0.1) is 0 Å². The molecule has 2 unspecified atom stereocenters. The average Bonchev–Trinajstić information content (AvgIpc) is 2.45. The molecule has 104 valence electrons. The van der Waals surface area contributed by atoms with Crippen LogP contribution >= 0.6 is 0 Å². The first kappa shape index (κ1) is 13.2. The van der Waals surface area contributed by atoms with E-state index < -0.39 is 0 Å². The molecule has 2 aliphatic rings. The molecule has 1 nitrogen and oxygen atoms in total. The summed E-state index contributed by atoms with van der Waals surface area (Å²) in [5.74, 6) is 1.54. The van der Waals surface area contributed by atoms with Gasteiger partial charge in [0.2, 0.25) is 0 Å². The number of benzene rings is 1. The maximum absolute atomic E-state index is 6.86. The summed E-state index contributed by atoms with van der Waals surface area (Å²) in [6.07, 6.45) is 10.7.